The predicted molar refractivity (Wildman–Crippen MR) is 104 cm³/mol. The average molecular weight is 442 g/mol. The summed E-state index contributed by atoms with van der Waals surface area (Å²) in [7, 11) is 1.62. The van der Waals surface area contributed by atoms with Crippen LogP contribution in [-0.2, 0) is 17.4 Å². The molecule has 30 heavy (non-hydrogen) atoms. The number of carbonyl (C=O) groups is 1. The number of aryl methyl sites for hydroxylation is 2. The number of amides is 1. The first-order chi connectivity index (χ1) is 14.1. The number of halogens is 4. The highest BCUT2D eigenvalue weighted by molar-refractivity contribution is 6.30. The first-order valence-corrected chi connectivity index (χ1v) is 9.36. The van der Waals surface area contributed by atoms with Crippen LogP contribution in [0, 0.1) is 13.8 Å². The van der Waals surface area contributed by atoms with Gasteiger partial charge in [0, 0.05) is 29.0 Å². The number of likely N-dealkylation sites (N-methyl/N-ethyl adjacent to an activating group) is 1. The number of carbonyl (C=O) groups excluding carboxylic acids is 1. The normalized spacial score (nSPS) is 11.7. The number of aromatic nitrogens is 4. The lowest BCUT2D eigenvalue weighted by molar-refractivity contribution is -0.144. The smallest absolute Gasteiger partial charge is 0.453 e. The maximum atomic E-state index is 12.9. The Bertz CT molecular complexity index is 1080. The highest BCUT2D eigenvalue weighted by atomic mass is 35.5. The molecule has 0 saturated heterocycles. The van der Waals surface area contributed by atoms with Crippen LogP contribution in [0.2, 0.25) is 5.02 Å². The predicted octanol–water partition coefficient (Wildman–Crippen LogP) is 3.49. The van der Waals surface area contributed by atoms with Gasteiger partial charge in [-0.3, -0.25) is 4.79 Å². The van der Waals surface area contributed by atoms with Crippen molar-refractivity contribution >= 4 is 23.3 Å². The van der Waals surface area contributed by atoms with Gasteiger partial charge in [-0.1, -0.05) is 17.7 Å². The molecule has 3 aromatic rings. The van der Waals surface area contributed by atoms with Crippen LogP contribution in [0.4, 0.5) is 13.2 Å². The molecule has 1 amide bonds. The maximum absolute atomic E-state index is 12.9. The maximum Gasteiger partial charge on any atom is 0.453 e. The molecule has 0 fully saturated rings. The number of nitrogens with zero attached hydrogens (tertiary/aromatic N) is 5. The molecule has 11 heteroatoms. The second kappa shape index (κ2) is 8.47. The molecule has 0 aliphatic rings. The number of fused-ring (bicyclic) bond motifs is 1. The summed E-state index contributed by atoms with van der Waals surface area (Å²) in [5.74, 6) is -1.06. The van der Waals surface area contributed by atoms with Crippen molar-refractivity contribution in [1.82, 2.24) is 24.5 Å². The van der Waals surface area contributed by atoms with E-state index < -0.39 is 12.0 Å². The molecule has 2 heterocycles. The van der Waals surface area contributed by atoms with Crippen LogP contribution in [0.5, 0.6) is 5.75 Å². The fourth-order valence-electron chi connectivity index (χ4n) is 2.85. The Hall–Kier alpha value is -2.88. The minimum absolute atomic E-state index is 0.0323. The van der Waals surface area contributed by atoms with Gasteiger partial charge in [0.25, 0.3) is 11.6 Å². The van der Waals surface area contributed by atoms with Crippen molar-refractivity contribution < 1.29 is 22.7 Å². The van der Waals surface area contributed by atoms with E-state index in [0.717, 1.165) is 4.52 Å². The van der Waals surface area contributed by atoms with E-state index in [2.05, 4.69) is 15.1 Å². The van der Waals surface area contributed by atoms with Gasteiger partial charge in [-0.25, -0.2) is 9.50 Å². The van der Waals surface area contributed by atoms with Gasteiger partial charge in [0.2, 0.25) is 5.91 Å². The summed E-state index contributed by atoms with van der Waals surface area (Å²) in [6, 6.07) is 6.92. The first kappa shape index (κ1) is 21.8. The summed E-state index contributed by atoms with van der Waals surface area (Å²) in [4.78, 5) is 21.6. The van der Waals surface area contributed by atoms with Gasteiger partial charge in [0.05, 0.1) is 13.0 Å². The standard InChI is InChI=1S/C19H19ClF3N5O2/c1-11-15(12(2)28-18(24-11)25-17(26-28)19(21,22)23)10-16(29)27(3)7-8-30-14-6-4-5-13(20)9-14/h4-6,9H,7-8,10H2,1-3H3. The zero-order valence-electron chi connectivity index (χ0n) is 16.5. The molecule has 0 aliphatic heterocycles. The molecule has 3 rings (SSSR count). The van der Waals surface area contributed by atoms with E-state index in [4.69, 9.17) is 16.3 Å². The second-order valence-corrected chi connectivity index (χ2v) is 7.14. The summed E-state index contributed by atoms with van der Waals surface area (Å²) in [6.07, 6.45) is -4.71. The van der Waals surface area contributed by atoms with Crippen LogP contribution in [0.1, 0.15) is 22.8 Å². The minimum Gasteiger partial charge on any atom is -0.492 e. The largest absolute Gasteiger partial charge is 0.492 e. The van der Waals surface area contributed by atoms with E-state index in [0.29, 0.717) is 34.3 Å². The number of ether oxygens (including phenoxy) is 1. The van der Waals surface area contributed by atoms with Crippen LogP contribution >= 0.6 is 11.6 Å². The van der Waals surface area contributed by atoms with Crippen molar-refractivity contribution in [1.29, 1.82) is 0 Å². The number of hydrogen-bond acceptors (Lipinski definition) is 5. The monoisotopic (exact) mass is 441 g/mol. The molecule has 0 radical (unpaired) electrons. The topological polar surface area (TPSA) is 72.6 Å². The van der Waals surface area contributed by atoms with Crippen molar-refractivity contribution in [2.24, 2.45) is 0 Å². The first-order valence-electron chi connectivity index (χ1n) is 8.98. The highest BCUT2D eigenvalue weighted by Crippen LogP contribution is 2.27. The van der Waals surface area contributed by atoms with Gasteiger partial charge in [0.15, 0.2) is 0 Å². The third-order valence-corrected chi connectivity index (χ3v) is 4.78. The fraction of sp³-hybridized carbons (Fsp3) is 0.368. The SMILES string of the molecule is Cc1nc2nc(C(F)(F)F)nn2c(C)c1CC(=O)N(C)CCOc1cccc(Cl)c1. The van der Waals surface area contributed by atoms with E-state index in [1.165, 1.54) is 4.90 Å². The molecule has 0 bridgehead atoms. The van der Waals surface area contributed by atoms with Gasteiger partial charge in [-0.15, -0.1) is 5.10 Å². The molecule has 0 saturated carbocycles. The third kappa shape index (κ3) is 4.81. The van der Waals surface area contributed by atoms with E-state index in [-0.39, 0.29) is 24.7 Å². The lowest BCUT2D eigenvalue weighted by Gasteiger charge is -2.19. The Morgan fingerprint density at radius 1 is 1.27 bits per heavy atom. The quantitative estimate of drug-likeness (QED) is 0.585. The Balaban J connectivity index is 1.69. The van der Waals surface area contributed by atoms with Crippen molar-refractivity contribution in [2.45, 2.75) is 26.4 Å². The van der Waals surface area contributed by atoms with Gasteiger partial charge >= 0.3 is 6.18 Å². The number of alkyl halides is 3. The zero-order valence-corrected chi connectivity index (χ0v) is 17.3. The zero-order chi connectivity index (χ0) is 22.1. The fourth-order valence-corrected chi connectivity index (χ4v) is 3.03. The van der Waals surface area contributed by atoms with Crippen LogP contribution in [0.15, 0.2) is 24.3 Å². The number of hydrogen-bond donors (Lipinski definition) is 0. The van der Waals surface area contributed by atoms with Gasteiger partial charge in [-0.2, -0.15) is 18.2 Å². The van der Waals surface area contributed by atoms with Crippen molar-refractivity contribution in [3.63, 3.8) is 0 Å². The molecule has 7 nitrogen and oxygen atoms in total. The van der Waals surface area contributed by atoms with E-state index in [9.17, 15) is 18.0 Å². The molecule has 1 aromatic carbocycles. The molecule has 2 aromatic heterocycles. The Morgan fingerprint density at radius 3 is 2.67 bits per heavy atom. The summed E-state index contributed by atoms with van der Waals surface area (Å²) < 4.78 is 45.3. The third-order valence-electron chi connectivity index (χ3n) is 4.55. The van der Waals surface area contributed by atoms with Crippen LogP contribution in [0.25, 0.3) is 5.78 Å². The molecule has 0 atom stereocenters. The van der Waals surface area contributed by atoms with Crippen LogP contribution in [0.3, 0.4) is 0 Å². The highest BCUT2D eigenvalue weighted by Gasteiger charge is 2.37. The molecule has 0 aliphatic carbocycles. The minimum atomic E-state index is -4.67. The van der Waals surface area contributed by atoms with Crippen molar-refractivity contribution in [3.8, 4) is 5.75 Å². The van der Waals surface area contributed by atoms with Gasteiger partial charge in [-0.05, 0) is 32.0 Å². The second-order valence-electron chi connectivity index (χ2n) is 6.70. The van der Waals surface area contributed by atoms with Crippen molar-refractivity contribution in [3.05, 3.63) is 52.1 Å². The Kier molecular flexibility index (Phi) is 6.16. The van der Waals surface area contributed by atoms with E-state index in [1.807, 2.05) is 0 Å². The Labute approximate surface area is 175 Å². The molecule has 0 N–H and O–H groups in total. The number of rotatable bonds is 6. The Morgan fingerprint density at radius 2 is 2.00 bits per heavy atom. The summed E-state index contributed by atoms with van der Waals surface area (Å²) in [6.45, 7) is 3.79. The lowest BCUT2D eigenvalue weighted by atomic mass is 10.1. The number of benzene rings is 1. The molecule has 160 valence electrons. The van der Waals surface area contributed by atoms with Crippen LogP contribution < -0.4 is 4.74 Å². The summed E-state index contributed by atoms with van der Waals surface area (Å²) >= 11 is 5.90. The van der Waals surface area contributed by atoms with Gasteiger partial charge < -0.3 is 9.64 Å². The lowest BCUT2D eigenvalue weighted by Crippen LogP contribution is -2.32. The van der Waals surface area contributed by atoms with E-state index >= 15 is 0 Å². The van der Waals surface area contributed by atoms with E-state index in [1.54, 1.807) is 45.2 Å². The molecular formula is C19H19ClF3N5O2. The molecule has 0 spiro atoms. The molecular weight excluding hydrogens is 423 g/mol. The van der Waals surface area contributed by atoms with Gasteiger partial charge in [0.1, 0.15) is 12.4 Å². The summed E-state index contributed by atoms with van der Waals surface area (Å²) in [5, 5.41) is 4.04. The average Bonchev–Trinajstić information content (AvgIpc) is 3.09. The summed E-state index contributed by atoms with van der Waals surface area (Å²) in [5.41, 5.74) is 1.32. The molecule has 0 unspecified atom stereocenters. The van der Waals surface area contributed by atoms with Crippen molar-refractivity contribution in [2.75, 3.05) is 20.2 Å². The van der Waals surface area contributed by atoms with Crippen LogP contribution in [-0.4, -0.2) is 50.6 Å².